The van der Waals surface area contributed by atoms with Crippen LogP contribution in [0, 0.1) is 0 Å². The van der Waals surface area contributed by atoms with Gasteiger partial charge in [-0.2, -0.15) is 0 Å². The van der Waals surface area contributed by atoms with E-state index in [1.165, 1.54) is 0 Å². The monoisotopic (exact) mass is 289 g/mol. The fourth-order valence-corrected chi connectivity index (χ4v) is 2.01. The van der Waals surface area contributed by atoms with Crippen molar-refractivity contribution in [1.82, 2.24) is 5.16 Å². The number of aromatic hydroxyl groups is 1. The molecule has 3 aromatic rings. The molecule has 0 radical (unpaired) electrons. The van der Waals surface area contributed by atoms with Crippen LogP contribution in [0.5, 0.6) is 5.75 Å². The van der Waals surface area contributed by atoms with Crippen LogP contribution in [-0.4, -0.2) is 10.3 Å². The van der Waals surface area contributed by atoms with Gasteiger partial charge in [0.1, 0.15) is 11.4 Å². The number of phenolic OH excluding ortho intramolecular Hbond substituents is 1. The Morgan fingerprint density at radius 2 is 1.82 bits per heavy atom. The van der Waals surface area contributed by atoms with Gasteiger partial charge in [-0.1, -0.05) is 33.2 Å². The Bertz CT molecular complexity index is 673. The van der Waals surface area contributed by atoms with Crippen molar-refractivity contribution in [3.05, 3.63) is 46.9 Å². The van der Waals surface area contributed by atoms with Crippen LogP contribution in [0.2, 0.25) is 0 Å². The Kier molecular flexibility index (Phi) is 2.37. The molecule has 84 valence electrons. The van der Waals surface area contributed by atoms with Crippen molar-refractivity contribution in [3.8, 4) is 17.0 Å². The molecular weight excluding hydrogens is 282 g/mol. The van der Waals surface area contributed by atoms with Crippen molar-refractivity contribution in [2.75, 3.05) is 0 Å². The fraction of sp³-hybridized carbons (Fsp3) is 0. The van der Waals surface area contributed by atoms with Gasteiger partial charge in [0.05, 0.1) is 5.39 Å². The lowest BCUT2D eigenvalue weighted by Gasteiger charge is -1.97. The summed E-state index contributed by atoms with van der Waals surface area (Å²) in [7, 11) is 0. The largest absolute Gasteiger partial charge is 0.508 e. The second kappa shape index (κ2) is 3.89. The molecule has 0 amide bonds. The van der Waals surface area contributed by atoms with E-state index in [-0.39, 0.29) is 5.75 Å². The molecule has 3 rings (SSSR count). The summed E-state index contributed by atoms with van der Waals surface area (Å²) in [6.45, 7) is 0. The molecule has 0 aliphatic heterocycles. The van der Waals surface area contributed by atoms with Gasteiger partial charge in [-0.15, -0.1) is 0 Å². The van der Waals surface area contributed by atoms with Crippen LogP contribution in [0.15, 0.2) is 51.5 Å². The van der Waals surface area contributed by atoms with Gasteiger partial charge in [0, 0.05) is 10.0 Å². The number of nitrogens with zero attached hydrogens (tertiary/aromatic N) is 1. The van der Waals surface area contributed by atoms with Crippen molar-refractivity contribution in [3.63, 3.8) is 0 Å². The summed E-state index contributed by atoms with van der Waals surface area (Å²) < 4.78 is 6.23. The van der Waals surface area contributed by atoms with E-state index in [2.05, 4.69) is 21.1 Å². The minimum Gasteiger partial charge on any atom is -0.508 e. The van der Waals surface area contributed by atoms with Crippen LogP contribution < -0.4 is 0 Å². The van der Waals surface area contributed by atoms with Gasteiger partial charge < -0.3 is 9.63 Å². The third-order valence-electron chi connectivity index (χ3n) is 2.57. The molecular formula is C13H8BrNO2. The lowest BCUT2D eigenvalue weighted by Crippen LogP contribution is -1.77. The van der Waals surface area contributed by atoms with E-state index in [1.807, 2.05) is 24.3 Å². The van der Waals surface area contributed by atoms with E-state index in [9.17, 15) is 5.11 Å². The van der Waals surface area contributed by atoms with Crippen LogP contribution in [0.3, 0.4) is 0 Å². The fourth-order valence-electron chi connectivity index (χ4n) is 1.74. The summed E-state index contributed by atoms with van der Waals surface area (Å²) in [5.74, 6) is 0.207. The van der Waals surface area contributed by atoms with Crippen LogP contribution in [0.25, 0.3) is 22.2 Å². The number of hydrogen-bond donors (Lipinski definition) is 1. The van der Waals surface area contributed by atoms with Gasteiger partial charge in [0.2, 0.25) is 0 Å². The van der Waals surface area contributed by atoms with E-state index >= 15 is 0 Å². The summed E-state index contributed by atoms with van der Waals surface area (Å²) >= 11 is 3.39. The Labute approximate surface area is 106 Å². The molecule has 2 aromatic carbocycles. The number of aromatic nitrogens is 1. The molecule has 0 bridgehead atoms. The Balaban J connectivity index is 2.23. The number of rotatable bonds is 1. The molecule has 0 unspecified atom stereocenters. The average Bonchev–Trinajstić information content (AvgIpc) is 2.73. The smallest absolute Gasteiger partial charge is 0.167 e. The molecule has 1 N–H and O–H groups in total. The Hall–Kier alpha value is -1.81. The number of phenols is 1. The molecule has 0 saturated heterocycles. The summed E-state index contributed by atoms with van der Waals surface area (Å²) in [4.78, 5) is 0. The first kappa shape index (κ1) is 10.4. The molecule has 4 heteroatoms. The number of halogens is 1. The zero-order valence-electron chi connectivity index (χ0n) is 8.72. The third-order valence-corrected chi connectivity index (χ3v) is 3.10. The third kappa shape index (κ3) is 1.80. The van der Waals surface area contributed by atoms with E-state index < -0.39 is 0 Å². The number of fused-ring (bicyclic) bond motifs is 1. The van der Waals surface area contributed by atoms with Crippen molar-refractivity contribution in [1.29, 1.82) is 0 Å². The molecule has 1 heterocycles. The zero-order chi connectivity index (χ0) is 11.8. The van der Waals surface area contributed by atoms with Crippen molar-refractivity contribution in [2.24, 2.45) is 0 Å². The van der Waals surface area contributed by atoms with Gasteiger partial charge in [-0.05, 0) is 30.3 Å². The van der Waals surface area contributed by atoms with E-state index in [0.29, 0.717) is 5.58 Å². The molecule has 0 spiro atoms. The predicted molar refractivity (Wildman–Crippen MR) is 68.8 cm³/mol. The molecule has 1 aromatic heterocycles. The van der Waals surface area contributed by atoms with Crippen molar-refractivity contribution >= 4 is 26.9 Å². The lowest BCUT2D eigenvalue weighted by atomic mass is 10.1. The van der Waals surface area contributed by atoms with Gasteiger partial charge in [-0.3, -0.25) is 0 Å². The Morgan fingerprint density at radius 3 is 2.59 bits per heavy atom. The van der Waals surface area contributed by atoms with Crippen LogP contribution in [-0.2, 0) is 0 Å². The van der Waals surface area contributed by atoms with Crippen LogP contribution in [0.1, 0.15) is 0 Å². The predicted octanol–water partition coefficient (Wildman–Crippen LogP) is 3.96. The minimum absolute atomic E-state index is 0.207. The topological polar surface area (TPSA) is 46.3 Å². The summed E-state index contributed by atoms with van der Waals surface area (Å²) in [5.41, 5.74) is 2.36. The van der Waals surface area contributed by atoms with Crippen molar-refractivity contribution in [2.45, 2.75) is 0 Å². The molecule has 3 nitrogen and oxygen atoms in total. The Morgan fingerprint density at radius 1 is 1.06 bits per heavy atom. The first-order valence-corrected chi connectivity index (χ1v) is 5.88. The maximum atomic E-state index is 9.49. The van der Waals surface area contributed by atoms with E-state index in [4.69, 9.17) is 4.52 Å². The lowest BCUT2D eigenvalue weighted by molar-refractivity contribution is 0.457. The molecule has 17 heavy (non-hydrogen) atoms. The van der Waals surface area contributed by atoms with Gasteiger partial charge in [0.25, 0.3) is 0 Å². The number of benzene rings is 2. The number of hydrogen-bond acceptors (Lipinski definition) is 3. The SMILES string of the molecule is Oc1ccc2onc(-c3ccc(Br)cc3)c2c1. The van der Waals surface area contributed by atoms with Gasteiger partial charge in [-0.25, -0.2) is 0 Å². The van der Waals surface area contributed by atoms with E-state index in [1.54, 1.807) is 18.2 Å². The second-order valence-electron chi connectivity index (χ2n) is 3.72. The minimum atomic E-state index is 0.207. The van der Waals surface area contributed by atoms with Crippen LogP contribution in [0.4, 0.5) is 0 Å². The summed E-state index contributed by atoms with van der Waals surface area (Å²) in [6.07, 6.45) is 0. The quantitative estimate of drug-likeness (QED) is 0.737. The highest BCUT2D eigenvalue weighted by Gasteiger charge is 2.10. The molecule has 0 fully saturated rings. The van der Waals surface area contributed by atoms with Crippen LogP contribution >= 0.6 is 15.9 Å². The summed E-state index contributed by atoms with van der Waals surface area (Å²) in [6, 6.07) is 12.7. The second-order valence-corrected chi connectivity index (χ2v) is 4.63. The first-order valence-electron chi connectivity index (χ1n) is 5.08. The maximum Gasteiger partial charge on any atom is 0.167 e. The molecule has 0 atom stereocenters. The summed E-state index contributed by atoms with van der Waals surface area (Å²) in [5, 5.41) is 14.3. The van der Waals surface area contributed by atoms with E-state index in [0.717, 1.165) is 21.1 Å². The van der Waals surface area contributed by atoms with Gasteiger partial charge in [0.15, 0.2) is 5.58 Å². The van der Waals surface area contributed by atoms with Crippen molar-refractivity contribution < 1.29 is 9.63 Å². The molecule has 0 saturated carbocycles. The average molecular weight is 290 g/mol. The highest BCUT2D eigenvalue weighted by molar-refractivity contribution is 9.10. The molecule has 0 aliphatic carbocycles. The molecule has 0 aliphatic rings. The highest BCUT2D eigenvalue weighted by atomic mass is 79.9. The zero-order valence-corrected chi connectivity index (χ0v) is 10.3. The maximum absolute atomic E-state index is 9.49. The highest BCUT2D eigenvalue weighted by Crippen LogP contribution is 2.30. The first-order chi connectivity index (χ1) is 8.24. The standard InChI is InChI=1S/C13H8BrNO2/c14-9-3-1-8(2-4-9)13-11-7-10(16)5-6-12(11)17-15-13/h1-7,16H. The van der Waals surface area contributed by atoms with Gasteiger partial charge >= 0.3 is 0 Å². The normalized spacial score (nSPS) is 10.9.